The molecule has 0 aliphatic heterocycles. The van der Waals surface area contributed by atoms with Crippen molar-refractivity contribution in [1.82, 2.24) is 0 Å². The molecule has 0 saturated carbocycles. The van der Waals surface area contributed by atoms with Crippen molar-refractivity contribution in [2.24, 2.45) is 0 Å². The summed E-state index contributed by atoms with van der Waals surface area (Å²) in [6, 6.07) is 35.0. The molecule has 3 heteroatoms. The summed E-state index contributed by atoms with van der Waals surface area (Å²) >= 11 is 6.63. The third-order valence-corrected chi connectivity index (χ3v) is 6.70. The Bertz CT molecular complexity index is 1840. The van der Waals surface area contributed by atoms with Crippen LogP contribution in [0.2, 0.25) is 5.02 Å². The Kier molecular flexibility index (Phi) is 3.93. The van der Waals surface area contributed by atoms with Crippen LogP contribution >= 0.6 is 11.6 Å². The van der Waals surface area contributed by atoms with E-state index in [1.807, 2.05) is 48.5 Å². The van der Waals surface area contributed by atoms with E-state index in [0.29, 0.717) is 5.02 Å². The molecule has 2 heterocycles. The van der Waals surface area contributed by atoms with Gasteiger partial charge in [-0.1, -0.05) is 78.3 Å². The van der Waals surface area contributed by atoms with E-state index in [1.54, 1.807) is 0 Å². The van der Waals surface area contributed by atoms with Gasteiger partial charge in [-0.25, -0.2) is 0 Å². The van der Waals surface area contributed by atoms with Crippen molar-refractivity contribution >= 4 is 55.5 Å². The minimum Gasteiger partial charge on any atom is -0.456 e. The molecular weight excluding hydrogens is 428 g/mol. The molecule has 0 amide bonds. The summed E-state index contributed by atoms with van der Waals surface area (Å²) in [5.74, 6) is 0. The zero-order valence-electron chi connectivity index (χ0n) is 17.5. The van der Waals surface area contributed by atoms with Crippen LogP contribution in [0, 0.1) is 0 Å². The quantitative estimate of drug-likeness (QED) is 0.265. The van der Waals surface area contributed by atoms with E-state index in [2.05, 4.69) is 54.6 Å². The maximum Gasteiger partial charge on any atom is 0.144 e. The molecule has 0 aliphatic rings. The molecule has 0 radical (unpaired) electrons. The lowest BCUT2D eigenvalue weighted by Gasteiger charge is -2.11. The van der Waals surface area contributed by atoms with E-state index in [-0.39, 0.29) is 0 Å². The zero-order chi connectivity index (χ0) is 21.9. The summed E-state index contributed by atoms with van der Waals surface area (Å²) in [6.07, 6.45) is 0. The molecular formula is C30H17ClO2. The fourth-order valence-electron chi connectivity index (χ4n) is 4.86. The van der Waals surface area contributed by atoms with Crippen molar-refractivity contribution in [3.63, 3.8) is 0 Å². The molecule has 0 bridgehead atoms. The van der Waals surface area contributed by atoms with Gasteiger partial charge >= 0.3 is 0 Å². The van der Waals surface area contributed by atoms with E-state index in [4.69, 9.17) is 20.4 Å². The van der Waals surface area contributed by atoms with Crippen molar-refractivity contribution < 1.29 is 8.83 Å². The van der Waals surface area contributed by atoms with Crippen molar-refractivity contribution in [3.05, 3.63) is 108 Å². The third kappa shape index (κ3) is 2.75. The number of rotatable bonds is 2. The van der Waals surface area contributed by atoms with E-state index in [9.17, 15) is 0 Å². The number of hydrogen-bond donors (Lipinski definition) is 0. The molecule has 2 aromatic heterocycles. The Morgan fingerprint density at radius 1 is 0.485 bits per heavy atom. The van der Waals surface area contributed by atoms with Crippen LogP contribution in [-0.2, 0) is 0 Å². The van der Waals surface area contributed by atoms with Gasteiger partial charge in [0.1, 0.15) is 22.3 Å². The standard InChI is InChI=1S/C30H17ClO2/c31-25-16-15-23(30-29(25)24-10-4-6-12-27(24)33-30)20-8-2-1-7-19(20)18-13-14-22-21-9-3-5-11-26(21)32-28(22)17-18/h1-17H. The van der Waals surface area contributed by atoms with E-state index in [1.165, 1.54) is 0 Å². The summed E-state index contributed by atoms with van der Waals surface area (Å²) < 4.78 is 12.5. The first-order chi connectivity index (χ1) is 16.3. The van der Waals surface area contributed by atoms with Crippen LogP contribution < -0.4 is 0 Å². The lowest BCUT2D eigenvalue weighted by atomic mass is 9.93. The maximum absolute atomic E-state index is 6.63. The number of hydrogen-bond acceptors (Lipinski definition) is 2. The van der Waals surface area contributed by atoms with Gasteiger partial charge in [0.25, 0.3) is 0 Å². The van der Waals surface area contributed by atoms with Crippen LogP contribution in [0.25, 0.3) is 66.1 Å². The zero-order valence-corrected chi connectivity index (χ0v) is 18.3. The summed E-state index contributed by atoms with van der Waals surface area (Å²) in [7, 11) is 0. The highest BCUT2D eigenvalue weighted by molar-refractivity contribution is 6.38. The van der Waals surface area contributed by atoms with Crippen molar-refractivity contribution in [1.29, 1.82) is 0 Å². The van der Waals surface area contributed by atoms with Crippen LogP contribution in [0.4, 0.5) is 0 Å². The number of halogens is 1. The van der Waals surface area contributed by atoms with Crippen LogP contribution in [0.15, 0.2) is 112 Å². The van der Waals surface area contributed by atoms with Gasteiger partial charge in [0.05, 0.1) is 5.02 Å². The molecule has 0 N–H and O–H groups in total. The normalized spacial score (nSPS) is 11.8. The van der Waals surface area contributed by atoms with Crippen molar-refractivity contribution in [3.8, 4) is 22.3 Å². The first-order valence-corrected chi connectivity index (χ1v) is 11.3. The van der Waals surface area contributed by atoms with Crippen LogP contribution in [-0.4, -0.2) is 0 Å². The van der Waals surface area contributed by atoms with Crippen LogP contribution in [0.1, 0.15) is 0 Å². The molecule has 7 aromatic rings. The second kappa shape index (κ2) is 6.99. The molecule has 2 nitrogen and oxygen atoms in total. The summed E-state index contributed by atoms with van der Waals surface area (Å²) in [4.78, 5) is 0. The Hall–Kier alpha value is -4.01. The monoisotopic (exact) mass is 444 g/mol. The fourth-order valence-corrected chi connectivity index (χ4v) is 5.11. The molecule has 0 fully saturated rings. The molecule has 0 aliphatic carbocycles. The number of para-hydroxylation sites is 2. The summed E-state index contributed by atoms with van der Waals surface area (Å²) in [5, 5.41) is 4.93. The highest BCUT2D eigenvalue weighted by Gasteiger charge is 2.18. The second-order valence-electron chi connectivity index (χ2n) is 8.25. The Morgan fingerprint density at radius 2 is 1.15 bits per heavy atom. The molecule has 0 spiro atoms. The predicted molar refractivity (Wildman–Crippen MR) is 137 cm³/mol. The minimum absolute atomic E-state index is 0.694. The predicted octanol–water partition coefficient (Wildman–Crippen LogP) is 9.47. The van der Waals surface area contributed by atoms with Crippen LogP contribution in [0.5, 0.6) is 0 Å². The summed E-state index contributed by atoms with van der Waals surface area (Å²) in [5.41, 5.74) is 7.75. The van der Waals surface area contributed by atoms with Crippen molar-refractivity contribution in [2.45, 2.75) is 0 Å². The Balaban J connectivity index is 1.49. The van der Waals surface area contributed by atoms with Gasteiger partial charge < -0.3 is 8.83 Å². The topological polar surface area (TPSA) is 26.3 Å². The highest BCUT2D eigenvalue weighted by Crippen LogP contribution is 2.43. The molecule has 0 atom stereocenters. The smallest absolute Gasteiger partial charge is 0.144 e. The molecule has 156 valence electrons. The lowest BCUT2D eigenvalue weighted by molar-refractivity contribution is 0.669. The number of furan rings is 2. The van der Waals surface area contributed by atoms with Gasteiger partial charge in [-0.2, -0.15) is 0 Å². The molecule has 0 saturated heterocycles. The van der Waals surface area contributed by atoms with Gasteiger partial charge in [-0.05, 0) is 53.1 Å². The summed E-state index contributed by atoms with van der Waals surface area (Å²) in [6.45, 7) is 0. The second-order valence-corrected chi connectivity index (χ2v) is 8.66. The molecule has 0 unspecified atom stereocenters. The first-order valence-electron chi connectivity index (χ1n) is 10.9. The molecule has 7 rings (SSSR count). The maximum atomic E-state index is 6.63. The Labute approximate surface area is 194 Å². The Morgan fingerprint density at radius 3 is 2.00 bits per heavy atom. The van der Waals surface area contributed by atoms with Gasteiger partial charge in [-0.3, -0.25) is 0 Å². The van der Waals surface area contributed by atoms with Gasteiger partial charge in [-0.15, -0.1) is 0 Å². The van der Waals surface area contributed by atoms with Crippen molar-refractivity contribution in [2.75, 3.05) is 0 Å². The van der Waals surface area contributed by atoms with E-state index < -0.39 is 0 Å². The fraction of sp³-hybridized carbons (Fsp3) is 0. The third-order valence-electron chi connectivity index (χ3n) is 6.38. The SMILES string of the molecule is Clc1ccc(-c2ccccc2-c2ccc3c(c2)oc2ccccc23)c2oc3ccccc3c12. The van der Waals surface area contributed by atoms with Crippen LogP contribution in [0.3, 0.4) is 0 Å². The molecule has 5 aromatic carbocycles. The van der Waals surface area contributed by atoms with Gasteiger partial charge in [0.15, 0.2) is 0 Å². The number of benzene rings is 5. The van der Waals surface area contributed by atoms with Gasteiger partial charge in [0, 0.05) is 27.1 Å². The minimum atomic E-state index is 0.694. The molecule has 33 heavy (non-hydrogen) atoms. The highest BCUT2D eigenvalue weighted by atomic mass is 35.5. The van der Waals surface area contributed by atoms with Gasteiger partial charge in [0.2, 0.25) is 0 Å². The first kappa shape index (κ1) is 18.6. The lowest BCUT2D eigenvalue weighted by Crippen LogP contribution is -1.86. The average molecular weight is 445 g/mol. The number of fused-ring (bicyclic) bond motifs is 6. The largest absolute Gasteiger partial charge is 0.456 e. The van der Waals surface area contributed by atoms with E-state index in [0.717, 1.165) is 66.1 Å². The van der Waals surface area contributed by atoms with E-state index >= 15 is 0 Å². The average Bonchev–Trinajstić information content (AvgIpc) is 3.43.